The molecule has 112 valence electrons. The quantitative estimate of drug-likeness (QED) is 0.831. The Balaban J connectivity index is 1.81. The van der Waals surface area contributed by atoms with Gasteiger partial charge in [-0.05, 0) is 50.4 Å². The summed E-state index contributed by atoms with van der Waals surface area (Å²) in [4.78, 5) is 7.18. The van der Waals surface area contributed by atoms with E-state index in [2.05, 4.69) is 34.3 Å². The van der Waals surface area contributed by atoms with Gasteiger partial charge in [0.1, 0.15) is 5.82 Å². The van der Waals surface area contributed by atoms with Gasteiger partial charge in [-0.1, -0.05) is 13.0 Å². The molecule has 2 rings (SSSR count). The van der Waals surface area contributed by atoms with E-state index in [1.165, 1.54) is 12.8 Å². The molecule has 1 aliphatic rings. The lowest BCUT2D eigenvalue weighted by Crippen LogP contribution is -2.34. The van der Waals surface area contributed by atoms with Crippen LogP contribution in [0.15, 0.2) is 18.2 Å². The second-order valence-corrected chi connectivity index (χ2v) is 5.62. The van der Waals surface area contributed by atoms with Crippen molar-refractivity contribution in [3.05, 3.63) is 23.9 Å². The first-order valence-corrected chi connectivity index (χ1v) is 7.73. The van der Waals surface area contributed by atoms with E-state index < -0.39 is 0 Å². The van der Waals surface area contributed by atoms with Crippen molar-refractivity contribution in [2.24, 2.45) is 5.92 Å². The first-order valence-electron chi connectivity index (χ1n) is 7.73. The first kappa shape index (κ1) is 15.3. The van der Waals surface area contributed by atoms with Gasteiger partial charge in [0.05, 0.1) is 5.69 Å². The number of methoxy groups -OCH3 is 1. The average Bonchev–Trinajstić information content (AvgIpc) is 2.48. The Morgan fingerprint density at radius 3 is 2.85 bits per heavy atom. The van der Waals surface area contributed by atoms with Crippen LogP contribution in [0, 0.1) is 5.92 Å². The number of pyridine rings is 1. The third kappa shape index (κ3) is 4.76. The number of hydrogen-bond donors (Lipinski definition) is 1. The van der Waals surface area contributed by atoms with Crippen LogP contribution in [0.25, 0.3) is 0 Å². The maximum Gasteiger partial charge on any atom is 0.126 e. The van der Waals surface area contributed by atoms with Crippen molar-refractivity contribution in [1.29, 1.82) is 0 Å². The molecule has 4 heteroatoms. The van der Waals surface area contributed by atoms with Crippen LogP contribution >= 0.6 is 0 Å². The lowest BCUT2D eigenvalue weighted by Gasteiger charge is -2.31. The zero-order valence-electron chi connectivity index (χ0n) is 12.8. The summed E-state index contributed by atoms with van der Waals surface area (Å²) in [6.07, 6.45) is 3.60. The Kier molecular flexibility index (Phi) is 6.27. The highest BCUT2D eigenvalue weighted by molar-refractivity contribution is 5.35. The van der Waals surface area contributed by atoms with E-state index >= 15 is 0 Å². The Bertz CT molecular complexity index is 389. The van der Waals surface area contributed by atoms with Gasteiger partial charge < -0.3 is 10.1 Å². The molecule has 2 heterocycles. The fourth-order valence-corrected chi connectivity index (χ4v) is 2.70. The zero-order chi connectivity index (χ0) is 14.2. The van der Waals surface area contributed by atoms with E-state index in [4.69, 9.17) is 4.74 Å². The van der Waals surface area contributed by atoms with Crippen LogP contribution in [0.4, 0.5) is 5.82 Å². The molecule has 0 spiro atoms. The van der Waals surface area contributed by atoms with Crippen molar-refractivity contribution in [1.82, 2.24) is 9.88 Å². The molecule has 1 aromatic rings. The van der Waals surface area contributed by atoms with Crippen LogP contribution in [0.5, 0.6) is 0 Å². The minimum absolute atomic E-state index is 0.738. The third-order valence-electron chi connectivity index (χ3n) is 3.86. The van der Waals surface area contributed by atoms with Gasteiger partial charge in [-0.15, -0.1) is 0 Å². The second-order valence-electron chi connectivity index (χ2n) is 5.62. The molecule has 0 aliphatic carbocycles. The van der Waals surface area contributed by atoms with Gasteiger partial charge in [-0.3, -0.25) is 4.90 Å². The molecule has 0 radical (unpaired) electrons. The summed E-state index contributed by atoms with van der Waals surface area (Å²) in [5.41, 5.74) is 1.16. The van der Waals surface area contributed by atoms with Crippen molar-refractivity contribution in [3.8, 4) is 0 Å². The first-order chi connectivity index (χ1) is 9.81. The summed E-state index contributed by atoms with van der Waals surface area (Å²) in [7, 11) is 1.80. The Labute approximate surface area is 122 Å². The summed E-state index contributed by atoms with van der Waals surface area (Å²) in [5, 5.41) is 3.35. The molecule has 1 aromatic heterocycles. The standard InChI is InChI=1S/C16H27N3O/c1-3-9-17-16-6-4-5-15(18-16)12-19-10-7-14(8-11-19)13-20-2/h4-6,14H,3,7-13H2,1-2H3,(H,17,18). The number of piperidine rings is 1. The summed E-state index contributed by atoms with van der Waals surface area (Å²) < 4.78 is 5.25. The van der Waals surface area contributed by atoms with Crippen LogP contribution in [-0.4, -0.2) is 43.2 Å². The largest absolute Gasteiger partial charge is 0.384 e. The number of nitrogens with one attached hydrogen (secondary N) is 1. The van der Waals surface area contributed by atoms with Gasteiger partial charge in [-0.25, -0.2) is 4.98 Å². The van der Waals surface area contributed by atoms with E-state index in [1.807, 2.05) is 6.07 Å². The predicted molar refractivity (Wildman–Crippen MR) is 82.9 cm³/mol. The highest BCUT2D eigenvalue weighted by Gasteiger charge is 2.19. The minimum atomic E-state index is 0.738. The maximum atomic E-state index is 5.25. The van der Waals surface area contributed by atoms with Crippen molar-refractivity contribution in [2.45, 2.75) is 32.7 Å². The van der Waals surface area contributed by atoms with Crippen LogP contribution in [0.2, 0.25) is 0 Å². The minimum Gasteiger partial charge on any atom is -0.384 e. The van der Waals surface area contributed by atoms with Gasteiger partial charge in [0.2, 0.25) is 0 Å². The number of aromatic nitrogens is 1. The van der Waals surface area contributed by atoms with Gasteiger partial charge >= 0.3 is 0 Å². The number of hydrogen-bond acceptors (Lipinski definition) is 4. The average molecular weight is 277 g/mol. The monoisotopic (exact) mass is 277 g/mol. The number of anilines is 1. The molecular formula is C16H27N3O. The lowest BCUT2D eigenvalue weighted by molar-refractivity contribution is 0.0963. The number of likely N-dealkylation sites (tertiary alicyclic amines) is 1. The molecule has 0 amide bonds. The second kappa shape index (κ2) is 8.22. The number of rotatable bonds is 7. The third-order valence-corrected chi connectivity index (χ3v) is 3.86. The summed E-state index contributed by atoms with van der Waals surface area (Å²) in [5.74, 6) is 1.74. The molecule has 0 atom stereocenters. The molecule has 0 unspecified atom stereocenters. The summed E-state index contributed by atoms with van der Waals surface area (Å²) in [6.45, 7) is 7.33. The zero-order valence-corrected chi connectivity index (χ0v) is 12.8. The number of nitrogens with zero attached hydrogens (tertiary/aromatic N) is 2. The topological polar surface area (TPSA) is 37.4 Å². The summed E-state index contributed by atoms with van der Waals surface area (Å²) in [6, 6.07) is 6.26. The van der Waals surface area contributed by atoms with Crippen molar-refractivity contribution in [3.63, 3.8) is 0 Å². The van der Waals surface area contributed by atoms with Gasteiger partial charge in [0, 0.05) is 26.8 Å². The normalized spacial score (nSPS) is 17.3. The Morgan fingerprint density at radius 2 is 2.15 bits per heavy atom. The Morgan fingerprint density at radius 1 is 1.35 bits per heavy atom. The lowest BCUT2D eigenvalue weighted by atomic mass is 9.98. The molecule has 0 bridgehead atoms. The van der Waals surface area contributed by atoms with E-state index in [-0.39, 0.29) is 0 Å². The number of ether oxygens (including phenoxy) is 1. The maximum absolute atomic E-state index is 5.25. The van der Waals surface area contributed by atoms with Gasteiger partial charge in [0.15, 0.2) is 0 Å². The molecule has 1 fully saturated rings. The predicted octanol–water partition coefficient (Wildman–Crippen LogP) is 2.76. The summed E-state index contributed by atoms with van der Waals surface area (Å²) >= 11 is 0. The van der Waals surface area contributed by atoms with Crippen molar-refractivity contribution < 1.29 is 4.74 Å². The SMILES string of the molecule is CCCNc1cccc(CN2CCC(COC)CC2)n1. The van der Waals surface area contributed by atoms with Gasteiger partial charge in [0.25, 0.3) is 0 Å². The molecule has 4 nitrogen and oxygen atoms in total. The van der Waals surface area contributed by atoms with Crippen LogP contribution in [0.1, 0.15) is 31.9 Å². The fourth-order valence-electron chi connectivity index (χ4n) is 2.70. The van der Waals surface area contributed by atoms with Crippen LogP contribution < -0.4 is 5.32 Å². The van der Waals surface area contributed by atoms with Crippen molar-refractivity contribution in [2.75, 3.05) is 38.7 Å². The molecule has 20 heavy (non-hydrogen) atoms. The Hall–Kier alpha value is -1.13. The van der Waals surface area contributed by atoms with E-state index in [1.54, 1.807) is 7.11 Å². The van der Waals surface area contributed by atoms with Crippen LogP contribution in [-0.2, 0) is 11.3 Å². The van der Waals surface area contributed by atoms with E-state index in [0.717, 1.165) is 56.6 Å². The molecule has 1 aliphatic heterocycles. The molecule has 1 N–H and O–H groups in total. The van der Waals surface area contributed by atoms with E-state index in [0.29, 0.717) is 0 Å². The molecule has 0 aromatic carbocycles. The molecule has 1 saturated heterocycles. The van der Waals surface area contributed by atoms with Crippen molar-refractivity contribution >= 4 is 5.82 Å². The molecular weight excluding hydrogens is 250 g/mol. The fraction of sp³-hybridized carbons (Fsp3) is 0.688. The highest BCUT2D eigenvalue weighted by Crippen LogP contribution is 2.19. The molecule has 0 saturated carbocycles. The van der Waals surface area contributed by atoms with E-state index in [9.17, 15) is 0 Å². The smallest absolute Gasteiger partial charge is 0.126 e. The van der Waals surface area contributed by atoms with Gasteiger partial charge in [-0.2, -0.15) is 0 Å². The highest BCUT2D eigenvalue weighted by atomic mass is 16.5. The van der Waals surface area contributed by atoms with Crippen LogP contribution in [0.3, 0.4) is 0 Å².